The number of rotatable bonds is 9. The first-order valence-electron chi connectivity index (χ1n) is 13.0. The van der Waals surface area contributed by atoms with Gasteiger partial charge in [0.15, 0.2) is 0 Å². The molecule has 0 fully saturated rings. The topological polar surface area (TPSA) is 32.7 Å². The molecule has 42 heavy (non-hydrogen) atoms. The molecular formula is C32H28F7NO2. The Labute approximate surface area is 238 Å². The van der Waals surface area contributed by atoms with E-state index in [1.165, 1.54) is 35.2 Å². The predicted octanol–water partition coefficient (Wildman–Crippen LogP) is 9.52. The van der Waals surface area contributed by atoms with Gasteiger partial charge in [-0.15, -0.1) is 0 Å². The van der Waals surface area contributed by atoms with E-state index in [1.54, 1.807) is 18.2 Å². The highest BCUT2D eigenvalue weighted by Gasteiger charge is 2.37. The molecule has 0 aliphatic carbocycles. The Hall–Kier alpha value is -4.05. The first-order valence-corrected chi connectivity index (χ1v) is 13.0. The monoisotopic (exact) mass is 591 g/mol. The average Bonchev–Trinajstić information content (AvgIpc) is 2.93. The zero-order valence-electron chi connectivity index (χ0n) is 22.7. The number of alkyl halides is 6. The highest BCUT2D eigenvalue weighted by molar-refractivity contribution is 5.55. The van der Waals surface area contributed by atoms with Crippen molar-refractivity contribution in [2.45, 2.75) is 44.7 Å². The van der Waals surface area contributed by atoms with Gasteiger partial charge in [-0.05, 0) is 59.5 Å². The first kappa shape index (κ1) is 30.9. The van der Waals surface area contributed by atoms with Gasteiger partial charge in [0.1, 0.15) is 17.3 Å². The first-order chi connectivity index (χ1) is 19.8. The summed E-state index contributed by atoms with van der Waals surface area (Å²) in [6, 6.07) is 18.9. The number of anilines is 1. The molecule has 0 aliphatic heterocycles. The van der Waals surface area contributed by atoms with E-state index < -0.39 is 48.5 Å². The van der Waals surface area contributed by atoms with Gasteiger partial charge >= 0.3 is 12.4 Å². The van der Waals surface area contributed by atoms with Crippen LogP contribution in [0.15, 0.2) is 91.0 Å². The lowest BCUT2D eigenvalue weighted by Gasteiger charge is -2.35. The predicted molar refractivity (Wildman–Crippen MR) is 146 cm³/mol. The van der Waals surface area contributed by atoms with E-state index in [4.69, 9.17) is 4.74 Å². The Morgan fingerprint density at radius 3 is 2.05 bits per heavy atom. The van der Waals surface area contributed by atoms with Crippen LogP contribution < -0.4 is 9.64 Å². The summed E-state index contributed by atoms with van der Waals surface area (Å²) in [6.45, 7) is 2.78. The maximum Gasteiger partial charge on any atom is 0.416 e. The van der Waals surface area contributed by atoms with Gasteiger partial charge in [-0.2, -0.15) is 26.3 Å². The van der Waals surface area contributed by atoms with Crippen molar-refractivity contribution in [2.24, 2.45) is 0 Å². The highest BCUT2D eigenvalue weighted by Crippen LogP contribution is 2.40. The van der Waals surface area contributed by atoms with E-state index in [2.05, 4.69) is 0 Å². The van der Waals surface area contributed by atoms with Gasteiger partial charge in [-0.3, -0.25) is 0 Å². The van der Waals surface area contributed by atoms with Crippen LogP contribution in [0.3, 0.4) is 0 Å². The number of halogens is 7. The summed E-state index contributed by atoms with van der Waals surface area (Å²) in [6.07, 6.45) is -9.54. The SMILES string of the molecule is CC(C)c1cccc(Oc2cccc(N(Cc3ccc(C(F)(F)F)cc3F)C(CO)c3ccccc3C(F)(F)F)c2)c1. The van der Waals surface area contributed by atoms with Crippen LogP contribution in [0, 0.1) is 5.82 Å². The molecule has 0 aromatic heterocycles. The second-order valence-corrected chi connectivity index (χ2v) is 10.0. The maximum atomic E-state index is 15.0. The smallest absolute Gasteiger partial charge is 0.416 e. The van der Waals surface area contributed by atoms with Crippen LogP contribution in [0.4, 0.5) is 36.4 Å². The number of ether oxygens (including phenoxy) is 1. The quantitative estimate of drug-likeness (QED) is 0.197. The zero-order chi connectivity index (χ0) is 30.7. The molecule has 10 heteroatoms. The molecule has 0 saturated heterocycles. The summed E-state index contributed by atoms with van der Waals surface area (Å²) in [4.78, 5) is 1.31. The van der Waals surface area contributed by atoms with E-state index in [1.807, 2.05) is 32.0 Å². The van der Waals surface area contributed by atoms with Crippen molar-refractivity contribution in [3.05, 3.63) is 125 Å². The molecule has 0 saturated carbocycles. The molecule has 222 valence electrons. The number of aliphatic hydroxyl groups is 1. The van der Waals surface area contributed by atoms with E-state index in [9.17, 15) is 35.8 Å². The Morgan fingerprint density at radius 2 is 1.43 bits per heavy atom. The Kier molecular flexibility index (Phi) is 9.15. The summed E-state index contributed by atoms with van der Waals surface area (Å²) in [5.74, 6) is -0.131. The van der Waals surface area contributed by atoms with Crippen LogP contribution in [-0.4, -0.2) is 11.7 Å². The summed E-state index contributed by atoms with van der Waals surface area (Å²) >= 11 is 0. The number of aliphatic hydroxyl groups excluding tert-OH is 1. The molecule has 0 radical (unpaired) electrons. The summed E-state index contributed by atoms with van der Waals surface area (Å²) in [5.41, 5.74) is -1.41. The lowest BCUT2D eigenvalue weighted by molar-refractivity contribution is -0.139. The van der Waals surface area contributed by atoms with Crippen molar-refractivity contribution in [3.63, 3.8) is 0 Å². The molecule has 0 bridgehead atoms. The molecule has 4 aromatic rings. The normalized spacial score (nSPS) is 12.8. The van der Waals surface area contributed by atoms with Gasteiger partial charge < -0.3 is 14.7 Å². The van der Waals surface area contributed by atoms with Gasteiger partial charge in [-0.1, -0.05) is 56.3 Å². The molecule has 1 unspecified atom stereocenters. The molecule has 1 N–H and O–H groups in total. The number of nitrogens with zero attached hydrogens (tertiary/aromatic N) is 1. The van der Waals surface area contributed by atoms with Crippen molar-refractivity contribution in [1.82, 2.24) is 0 Å². The fourth-order valence-electron chi connectivity index (χ4n) is 4.63. The standard InChI is InChI=1S/C32H28F7NO2/c1-20(2)21-7-5-9-25(15-21)42-26-10-6-8-24(17-26)40(18-22-13-14-23(16-29(22)33)31(34,35)36)30(19-41)27-11-3-4-12-28(27)32(37,38)39/h3-17,20,30,41H,18-19H2,1-2H3. The fraction of sp³-hybridized carbons (Fsp3) is 0.250. The lowest BCUT2D eigenvalue weighted by Crippen LogP contribution is -2.32. The zero-order valence-corrected chi connectivity index (χ0v) is 22.7. The molecule has 0 spiro atoms. The van der Waals surface area contributed by atoms with E-state index in [0.717, 1.165) is 17.7 Å². The van der Waals surface area contributed by atoms with Crippen molar-refractivity contribution < 1.29 is 40.6 Å². The van der Waals surface area contributed by atoms with E-state index >= 15 is 0 Å². The van der Waals surface area contributed by atoms with Crippen LogP contribution in [0.25, 0.3) is 0 Å². The molecule has 1 atom stereocenters. The van der Waals surface area contributed by atoms with Crippen molar-refractivity contribution in [3.8, 4) is 11.5 Å². The Bertz CT molecular complexity index is 1520. The van der Waals surface area contributed by atoms with Crippen LogP contribution in [-0.2, 0) is 18.9 Å². The van der Waals surface area contributed by atoms with Crippen molar-refractivity contribution in [1.29, 1.82) is 0 Å². The van der Waals surface area contributed by atoms with Gasteiger partial charge in [0.05, 0.1) is 23.8 Å². The van der Waals surface area contributed by atoms with Crippen LogP contribution in [0.1, 0.15) is 53.6 Å². The van der Waals surface area contributed by atoms with E-state index in [0.29, 0.717) is 23.6 Å². The molecular weight excluding hydrogens is 563 g/mol. The summed E-state index contributed by atoms with van der Waals surface area (Å²) < 4.78 is 102. The minimum Gasteiger partial charge on any atom is -0.457 e. The molecule has 4 rings (SSSR count). The van der Waals surface area contributed by atoms with Crippen LogP contribution in [0.5, 0.6) is 11.5 Å². The average molecular weight is 592 g/mol. The molecule has 3 nitrogen and oxygen atoms in total. The minimum atomic E-state index is -4.78. The van der Waals surface area contributed by atoms with Crippen LogP contribution >= 0.6 is 0 Å². The second-order valence-electron chi connectivity index (χ2n) is 10.0. The third-order valence-electron chi connectivity index (χ3n) is 6.81. The molecule has 0 amide bonds. The fourth-order valence-corrected chi connectivity index (χ4v) is 4.63. The second kappa shape index (κ2) is 12.4. The third kappa shape index (κ3) is 7.23. The number of hydrogen-bond acceptors (Lipinski definition) is 3. The molecule has 4 aromatic carbocycles. The minimum absolute atomic E-state index is 0.207. The van der Waals surface area contributed by atoms with Gasteiger partial charge in [0.25, 0.3) is 0 Å². The Balaban J connectivity index is 1.80. The molecule has 0 aliphatic rings. The number of benzene rings is 4. The van der Waals surface area contributed by atoms with Gasteiger partial charge in [-0.25, -0.2) is 4.39 Å². The Morgan fingerprint density at radius 1 is 0.762 bits per heavy atom. The van der Waals surface area contributed by atoms with Gasteiger partial charge in [0.2, 0.25) is 0 Å². The third-order valence-corrected chi connectivity index (χ3v) is 6.81. The largest absolute Gasteiger partial charge is 0.457 e. The lowest BCUT2D eigenvalue weighted by atomic mass is 9.97. The summed E-state index contributed by atoms with van der Waals surface area (Å²) in [5, 5.41) is 10.4. The molecule has 0 heterocycles. The van der Waals surface area contributed by atoms with E-state index in [-0.39, 0.29) is 22.7 Å². The number of hydrogen-bond donors (Lipinski definition) is 1. The van der Waals surface area contributed by atoms with Crippen molar-refractivity contribution in [2.75, 3.05) is 11.5 Å². The summed E-state index contributed by atoms with van der Waals surface area (Å²) in [7, 11) is 0. The maximum absolute atomic E-state index is 15.0. The van der Waals surface area contributed by atoms with Crippen molar-refractivity contribution >= 4 is 5.69 Å². The van der Waals surface area contributed by atoms with Gasteiger partial charge in [0, 0.05) is 23.9 Å². The van der Waals surface area contributed by atoms with Crippen LogP contribution in [0.2, 0.25) is 0 Å². The highest BCUT2D eigenvalue weighted by atomic mass is 19.4.